The first-order valence-electron chi connectivity index (χ1n) is 6.83. The summed E-state index contributed by atoms with van der Waals surface area (Å²) >= 11 is 6.83. The maximum absolute atomic E-state index is 13.6. The van der Waals surface area contributed by atoms with E-state index in [1.807, 2.05) is 0 Å². The van der Waals surface area contributed by atoms with Crippen LogP contribution < -0.4 is 5.32 Å². The van der Waals surface area contributed by atoms with Gasteiger partial charge in [0.15, 0.2) is 11.7 Å². The number of amides is 1. The number of carbonyl (C=O) groups excluding carboxylic acids is 3. The number of hydrogen-bond donors (Lipinski definition) is 1. The molecule has 0 fully saturated rings. The number of hydrogen-bond acceptors (Lipinski definition) is 7. The number of esters is 2. The van der Waals surface area contributed by atoms with E-state index in [9.17, 15) is 18.8 Å². The van der Waals surface area contributed by atoms with Crippen LogP contribution >= 0.6 is 22.9 Å². The first-order chi connectivity index (χ1) is 11.9. The summed E-state index contributed by atoms with van der Waals surface area (Å²) in [5, 5.41) is 4.10. The van der Waals surface area contributed by atoms with Gasteiger partial charge in [0.2, 0.25) is 0 Å². The zero-order chi connectivity index (χ0) is 18.4. The van der Waals surface area contributed by atoms with E-state index in [-0.39, 0.29) is 16.6 Å². The van der Waals surface area contributed by atoms with Gasteiger partial charge >= 0.3 is 11.9 Å². The predicted octanol–water partition coefficient (Wildman–Crippen LogP) is 2.45. The van der Waals surface area contributed by atoms with Gasteiger partial charge in [0, 0.05) is 5.38 Å². The van der Waals surface area contributed by atoms with Crippen LogP contribution in [-0.4, -0.2) is 36.5 Å². The Hall–Kier alpha value is -2.52. The molecular formula is C15H12ClFN2O5S. The van der Waals surface area contributed by atoms with Gasteiger partial charge in [0.25, 0.3) is 5.91 Å². The van der Waals surface area contributed by atoms with Crippen molar-refractivity contribution >= 4 is 45.9 Å². The van der Waals surface area contributed by atoms with Gasteiger partial charge in [-0.25, -0.2) is 14.2 Å². The van der Waals surface area contributed by atoms with Crippen molar-refractivity contribution in [2.24, 2.45) is 0 Å². The summed E-state index contributed by atoms with van der Waals surface area (Å²) in [4.78, 5) is 38.7. The Morgan fingerprint density at radius 2 is 2.12 bits per heavy atom. The molecule has 0 radical (unpaired) electrons. The molecule has 0 aliphatic carbocycles. The summed E-state index contributed by atoms with van der Waals surface area (Å²) in [6.07, 6.45) is -0.0242. The lowest BCUT2D eigenvalue weighted by molar-refractivity contribution is -0.139. The molecule has 1 aromatic carbocycles. The molecule has 0 saturated carbocycles. The van der Waals surface area contributed by atoms with Gasteiger partial charge in [0.1, 0.15) is 11.4 Å². The van der Waals surface area contributed by atoms with Crippen LogP contribution in [0.2, 0.25) is 5.02 Å². The highest BCUT2D eigenvalue weighted by Crippen LogP contribution is 2.20. The smallest absolute Gasteiger partial charge is 0.343 e. The number of anilines is 1. The van der Waals surface area contributed by atoms with Crippen molar-refractivity contribution in [1.82, 2.24) is 4.98 Å². The molecule has 1 amide bonds. The third-order valence-corrected chi connectivity index (χ3v) is 3.97. The summed E-state index contributed by atoms with van der Waals surface area (Å²) < 4.78 is 22.8. The summed E-state index contributed by atoms with van der Waals surface area (Å²) in [6, 6.07) is 3.73. The number of methoxy groups -OCH3 is 1. The minimum Gasteiger partial charge on any atom is -0.469 e. The second-order valence-corrected chi connectivity index (χ2v) is 5.88. The van der Waals surface area contributed by atoms with E-state index in [1.54, 1.807) is 5.38 Å². The molecule has 2 rings (SSSR count). The summed E-state index contributed by atoms with van der Waals surface area (Å²) in [6.45, 7) is -0.643. The molecular weight excluding hydrogens is 375 g/mol. The van der Waals surface area contributed by atoms with Crippen LogP contribution in [0.25, 0.3) is 0 Å². The first kappa shape index (κ1) is 18.8. The topological polar surface area (TPSA) is 94.6 Å². The van der Waals surface area contributed by atoms with Gasteiger partial charge in [-0.15, -0.1) is 11.3 Å². The van der Waals surface area contributed by atoms with Crippen LogP contribution in [-0.2, 0) is 25.5 Å². The molecule has 0 atom stereocenters. The van der Waals surface area contributed by atoms with Crippen LogP contribution in [0, 0.1) is 5.82 Å². The molecule has 10 heteroatoms. The van der Waals surface area contributed by atoms with Gasteiger partial charge < -0.3 is 9.47 Å². The number of aromatic nitrogens is 1. The highest BCUT2D eigenvalue weighted by atomic mass is 35.5. The quantitative estimate of drug-likeness (QED) is 0.766. The molecule has 0 aliphatic rings. The van der Waals surface area contributed by atoms with Crippen LogP contribution in [0.3, 0.4) is 0 Å². The normalized spacial score (nSPS) is 10.2. The van der Waals surface area contributed by atoms with Gasteiger partial charge in [0.05, 0.1) is 24.2 Å². The van der Waals surface area contributed by atoms with Crippen LogP contribution in [0.15, 0.2) is 23.6 Å². The van der Waals surface area contributed by atoms with Crippen molar-refractivity contribution in [3.8, 4) is 0 Å². The van der Waals surface area contributed by atoms with Crippen LogP contribution in [0.5, 0.6) is 0 Å². The average molecular weight is 387 g/mol. The van der Waals surface area contributed by atoms with Crippen molar-refractivity contribution < 1.29 is 28.2 Å². The zero-order valence-corrected chi connectivity index (χ0v) is 14.4. The van der Waals surface area contributed by atoms with E-state index in [0.717, 1.165) is 17.4 Å². The molecule has 0 saturated heterocycles. The average Bonchev–Trinajstić information content (AvgIpc) is 2.99. The van der Waals surface area contributed by atoms with E-state index in [0.29, 0.717) is 5.69 Å². The summed E-state index contributed by atoms with van der Waals surface area (Å²) in [5.74, 6) is -3.02. The number of benzene rings is 1. The Morgan fingerprint density at radius 1 is 1.36 bits per heavy atom. The predicted molar refractivity (Wildman–Crippen MR) is 88.2 cm³/mol. The van der Waals surface area contributed by atoms with Gasteiger partial charge in [-0.3, -0.25) is 14.9 Å². The molecule has 1 aromatic heterocycles. The second-order valence-electron chi connectivity index (χ2n) is 4.62. The minimum absolute atomic E-state index is 0.0242. The summed E-state index contributed by atoms with van der Waals surface area (Å²) in [7, 11) is 1.26. The van der Waals surface area contributed by atoms with Crippen molar-refractivity contribution in [3.05, 3.63) is 45.7 Å². The third-order valence-electron chi connectivity index (χ3n) is 2.85. The number of thiazole rings is 1. The number of nitrogens with zero attached hydrogens (tertiary/aromatic N) is 1. The van der Waals surface area contributed by atoms with Crippen LogP contribution in [0.4, 0.5) is 9.52 Å². The van der Waals surface area contributed by atoms with Gasteiger partial charge in [-0.05, 0) is 12.1 Å². The molecule has 0 aliphatic heterocycles. The minimum atomic E-state index is -1.05. The molecule has 25 heavy (non-hydrogen) atoms. The Balaban J connectivity index is 1.88. The molecule has 0 unspecified atom stereocenters. The highest BCUT2D eigenvalue weighted by molar-refractivity contribution is 7.13. The number of rotatable bonds is 6. The fourth-order valence-corrected chi connectivity index (χ4v) is 2.68. The standard InChI is InChI=1S/C15H12ClFN2O5S/c1-23-12(21)5-8-7-25-15(18-8)19-11(20)6-24-14(22)13-9(16)3-2-4-10(13)17/h2-4,7H,5-6H2,1H3,(H,18,19,20). The Bertz CT molecular complexity index is 791. The Labute approximate surface area is 150 Å². The number of halogens is 2. The molecule has 1 N–H and O–H groups in total. The lowest BCUT2D eigenvalue weighted by atomic mass is 10.2. The van der Waals surface area contributed by atoms with Crippen molar-refractivity contribution in [2.75, 3.05) is 19.0 Å². The van der Waals surface area contributed by atoms with Crippen molar-refractivity contribution in [2.45, 2.75) is 6.42 Å². The third kappa shape index (κ3) is 5.23. The SMILES string of the molecule is COC(=O)Cc1csc(NC(=O)COC(=O)c2c(F)cccc2Cl)n1. The van der Waals surface area contributed by atoms with Crippen molar-refractivity contribution in [1.29, 1.82) is 0 Å². The molecule has 0 spiro atoms. The number of ether oxygens (including phenoxy) is 2. The monoisotopic (exact) mass is 386 g/mol. The van der Waals surface area contributed by atoms with E-state index in [2.05, 4.69) is 15.0 Å². The van der Waals surface area contributed by atoms with E-state index in [4.69, 9.17) is 16.3 Å². The van der Waals surface area contributed by atoms with E-state index in [1.165, 1.54) is 19.2 Å². The second kappa shape index (κ2) is 8.54. The Kier molecular flexibility index (Phi) is 6.43. The van der Waals surface area contributed by atoms with E-state index >= 15 is 0 Å². The molecule has 132 valence electrons. The van der Waals surface area contributed by atoms with Crippen molar-refractivity contribution in [3.63, 3.8) is 0 Å². The highest BCUT2D eigenvalue weighted by Gasteiger charge is 2.19. The molecule has 0 bridgehead atoms. The lowest BCUT2D eigenvalue weighted by Gasteiger charge is -2.06. The molecule has 2 aromatic rings. The lowest BCUT2D eigenvalue weighted by Crippen LogP contribution is -2.21. The maximum Gasteiger partial charge on any atom is 0.343 e. The zero-order valence-electron chi connectivity index (χ0n) is 12.9. The first-order valence-corrected chi connectivity index (χ1v) is 8.08. The van der Waals surface area contributed by atoms with E-state index < -0.39 is 35.8 Å². The van der Waals surface area contributed by atoms with Crippen LogP contribution in [0.1, 0.15) is 16.1 Å². The largest absolute Gasteiger partial charge is 0.469 e. The molecule has 1 heterocycles. The van der Waals surface area contributed by atoms with Gasteiger partial charge in [-0.1, -0.05) is 17.7 Å². The van der Waals surface area contributed by atoms with Gasteiger partial charge in [-0.2, -0.15) is 0 Å². The fourth-order valence-electron chi connectivity index (χ4n) is 1.72. The number of carbonyl (C=O) groups is 3. The number of nitrogens with one attached hydrogen (secondary N) is 1. The molecule has 7 nitrogen and oxygen atoms in total. The Morgan fingerprint density at radius 3 is 2.80 bits per heavy atom. The fraction of sp³-hybridized carbons (Fsp3) is 0.200. The maximum atomic E-state index is 13.6. The summed E-state index contributed by atoms with van der Waals surface area (Å²) in [5.41, 5.74) is -0.00568.